The SMILES string of the molecule is Cc1cc(O)c(I)c(=O)n1CCN(C)C. The maximum atomic E-state index is 11.8. The Bertz CT molecular complexity index is 413. The lowest BCUT2D eigenvalue weighted by molar-refractivity contribution is 0.377. The molecule has 1 aromatic rings. The smallest absolute Gasteiger partial charge is 0.268 e. The Morgan fingerprint density at radius 3 is 2.67 bits per heavy atom. The summed E-state index contributed by atoms with van der Waals surface area (Å²) in [5, 5.41) is 9.45. The van der Waals surface area contributed by atoms with Crippen molar-refractivity contribution in [2.24, 2.45) is 0 Å². The number of hydrogen-bond donors (Lipinski definition) is 1. The Balaban J connectivity index is 3.08. The minimum absolute atomic E-state index is 0.0687. The Morgan fingerprint density at radius 1 is 1.53 bits per heavy atom. The average molecular weight is 322 g/mol. The van der Waals surface area contributed by atoms with Crippen molar-refractivity contribution in [3.05, 3.63) is 25.7 Å². The lowest BCUT2D eigenvalue weighted by atomic mass is 10.3. The van der Waals surface area contributed by atoms with Gasteiger partial charge in [-0.1, -0.05) is 0 Å². The fraction of sp³-hybridized carbons (Fsp3) is 0.500. The maximum Gasteiger partial charge on any atom is 0.268 e. The Hall–Kier alpha value is -0.560. The Morgan fingerprint density at radius 2 is 2.13 bits per heavy atom. The van der Waals surface area contributed by atoms with Crippen LogP contribution in [-0.2, 0) is 6.54 Å². The molecule has 0 saturated heterocycles. The third kappa shape index (κ3) is 2.94. The highest BCUT2D eigenvalue weighted by Gasteiger charge is 2.09. The molecule has 5 heteroatoms. The molecule has 0 spiro atoms. The largest absolute Gasteiger partial charge is 0.507 e. The van der Waals surface area contributed by atoms with E-state index >= 15 is 0 Å². The van der Waals surface area contributed by atoms with Gasteiger partial charge in [-0.2, -0.15) is 0 Å². The first-order chi connectivity index (χ1) is 6.93. The summed E-state index contributed by atoms with van der Waals surface area (Å²) in [5.41, 5.74) is 0.676. The fourth-order valence-corrected chi connectivity index (χ4v) is 1.75. The summed E-state index contributed by atoms with van der Waals surface area (Å²) < 4.78 is 2.07. The van der Waals surface area contributed by atoms with E-state index in [2.05, 4.69) is 0 Å². The average Bonchev–Trinajstić information content (AvgIpc) is 2.14. The first-order valence-electron chi connectivity index (χ1n) is 4.67. The second-order valence-electron chi connectivity index (χ2n) is 3.75. The van der Waals surface area contributed by atoms with Gasteiger partial charge in [-0.15, -0.1) is 0 Å². The molecule has 0 amide bonds. The van der Waals surface area contributed by atoms with Crippen LogP contribution in [0.5, 0.6) is 5.75 Å². The third-order valence-electron chi connectivity index (χ3n) is 2.20. The topological polar surface area (TPSA) is 45.5 Å². The van der Waals surface area contributed by atoms with Gasteiger partial charge in [-0.25, -0.2) is 0 Å². The number of pyridine rings is 1. The van der Waals surface area contributed by atoms with Crippen molar-refractivity contribution in [1.82, 2.24) is 9.47 Å². The van der Waals surface area contributed by atoms with Crippen molar-refractivity contribution in [3.63, 3.8) is 0 Å². The second-order valence-corrected chi connectivity index (χ2v) is 4.82. The van der Waals surface area contributed by atoms with E-state index in [0.29, 0.717) is 10.1 Å². The highest BCUT2D eigenvalue weighted by Crippen LogP contribution is 2.16. The minimum atomic E-state index is -0.116. The highest BCUT2D eigenvalue weighted by molar-refractivity contribution is 14.1. The summed E-state index contributed by atoms with van der Waals surface area (Å²) >= 11 is 1.87. The van der Waals surface area contributed by atoms with Crippen LogP contribution >= 0.6 is 22.6 Å². The van der Waals surface area contributed by atoms with Gasteiger partial charge < -0.3 is 14.6 Å². The highest BCUT2D eigenvalue weighted by atomic mass is 127. The van der Waals surface area contributed by atoms with Crippen molar-refractivity contribution in [3.8, 4) is 5.75 Å². The summed E-state index contributed by atoms with van der Waals surface area (Å²) in [6, 6.07) is 1.62. The monoisotopic (exact) mass is 322 g/mol. The van der Waals surface area contributed by atoms with Gasteiger partial charge in [0, 0.05) is 24.8 Å². The van der Waals surface area contributed by atoms with Crippen LogP contribution in [0.25, 0.3) is 0 Å². The molecule has 4 nitrogen and oxygen atoms in total. The fourth-order valence-electron chi connectivity index (χ4n) is 1.31. The van der Waals surface area contributed by atoms with Crippen LogP contribution in [0.4, 0.5) is 0 Å². The van der Waals surface area contributed by atoms with Crippen LogP contribution < -0.4 is 5.56 Å². The normalized spacial score (nSPS) is 11.0. The van der Waals surface area contributed by atoms with Crippen LogP contribution in [0.15, 0.2) is 10.9 Å². The van der Waals surface area contributed by atoms with Crippen LogP contribution in [0.1, 0.15) is 5.69 Å². The van der Waals surface area contributed by atoms with E-state index in [1.54, 1.807) is 10.6 Å². The van der Waals surface area contributed by atoms with E-state index < -0.39 is 0 Å². The van der Waals surface area contributed by atoms with Crippen molar-refractivity contribution in [1.29, 1.82) is 0 Å². The molecule has 1 aromatic heterocycles. The van der Waals surface area contributed by atoms with Gasteiger partial charge in [0.1, 0.15) is 9.32 Å². The lowest BCUT2D eigenvalue weighted by Gasteiger charge is -2.14. The van der Waals surface area contributed by atoms with Crippen LogP contribution in [0.3, 0.4) is 0 Å². The van der Waals surface area contributed by atoms with Crippen LogP contribution in [0.2, 0.25) is 0 Å². The molecule has 1 rings (SSSR count). The van der Waals surface area contributed by atoms with E-state index in [4.69, 9.17) is 0 Å². The number of rotatable bonds is 3. The summed E-state index contributed by atoms with van der Waals surface area (Å²) in [4.78, 5) is 13.8. The molecule has 0 radical (unpaired) electrons. The molecular weight excluding hydrogens is 307 g/mol. The van der Waals surface area contributed by atoms with Crippen molar-refractivity contribution in [2.75, 3.05) is 20.6 Å². The van der Waals surface area contributed by atoms with Gasteiger partial charge in [0.05, 0.1) is 0 Å². The van der Waals surface area contributed by atoms with E-state index in [-0.39, 0.29) is 11.3 Å². The van der Waals surface area contributed by atoms with Gasteiger partial charge in [-0.3, -0.25) is 4.79 Å². The van der Waals surface area contributed by atoms with Crippen molar-refractivity contribution in [2.45, 2.75) is 13.5 Å². The van der Waals surface area contributed by atoms with Crippen LogP contribution in [-0.4, -0.2) is 35.2 Å². The number of aromatic hydroxyl groups is 1. The van der Waals surface area contributed by atoms with Crippen molar-refractivity contribution < 1.29 is 5.11 Å². The number of aryl methyl sites for hydroxylation is 1. The van der Waals surface area contributed by atoms with Gasteiger partial charge in [0.2, 0.25) is 0 Å². The number of halogens is 1. The Labute approximate surface area is 103 Å². The first kappa shape index (κ1) is 12.5. The zero-order chi connectivity index (χ0) is 11.6. The molecule has 1 N–H and O–H groups in total. The van der Waals surface area contributed by atoms with Crippen LogP contribution in [0, 0.1) is 10.5 Å². The van der Waals surface area contributed by atoms with E-state index in [0.717, 1.165) is 12.2 Å². The maximum absolute atomic E-state index is 11.8. The number of likely N-dealkylation sites (N-methyl/N-ethyl adjacent to an activating group) is 1. The first-order valence-corrected chi connectivity index (χ1v) is 5.75. The van der Waals surface area contributed by atoms with Gasteiger partial charge in [-0.05, 0) is 43.6 Å². The molecule has 0 aliphatic heterocycles. The predicted octanol–water partition coefficient (Wildman–Crippen LogP) is 1.03. The molecule has 0 aromatic carbocycles. The number of hydrogen-bond acceptors (Lipinski definition) is 3. The minimum Gasteiger partial charge on any atom is -0.507 e. The molecule has 0 saturated carbocycles. The third-order valence-corrected chi connectivity index (χ3v) is 3.21. The summed E-state index contributed by atoms with van der Waals surface area (Å²) in [6.45, 7) is 3.28. The van der Waals surface area contributed by atoms with E-state index in [1.165, 1.54) is 0 Å². The zero-order valence-electron chi connectivity index (χ0n) is 9.12. The Kier molecular flexibility index (Phi) is 4.15. The molecular formula is C10H15IN2O2. The standard InChI is InChI=1S/C10H15IN2O2/c1-7-6-8(14)9(11)10(15)13(7)5-4-12(2)3/h6,14H,4-5H2,1-3H3. The lowest BCUT2D eigenvalue weighted by Crippen LogP contribution is -2.29. The zero-order valence-corrected chi connectivity index (χ0v) is 11.3. The molecule has 0 aliphatic carbocycles. The number of aromatic nitrogens is 1. The summed E-state index contributed by atoms with van der Waals surface area (Å²) in [7, 11) is 3.93. The van der Waals surface area contributed by atoms with Crippen molar-refractivity contribution >= 4 is 22.6 Å². The second kappa shape index (κ2) is 4.98. The van der Waals surface area contributed by atoms with Gasteiger partial charge in [0.15, 0.2) is 0 Å². The van der Waals surface area contributed by atoms with Gasteiger partial charge >= 0.3 is 0 Å². The summed E-state index contributed by atoms with van der Waals surface area (Å²) in [5.74, 6) is 0.0687. The molecule has 0 fully saturated rings. The quantitative estimate of drug-likeness (QED) is 0.846. The molecule has 0 bridgehead atoms. The molecule has 0 atom stereocenters. The molecule has 15 heavy (non-hydrogen) atoms. The predicted molar refractivity (Wildman–Crippen MR) is 68.4 cm³/mol. The van der Waals surface area contributed by atoms with E-state index in [9.17, 15) is 9.90 Å². The molecule has 0 aliphatic rings. The summed E-state index contributed by atoms with van der Waals surface area (Å²) in [6.07, 6.45) is 0. The molecule has 84 valence electrons. The molecule has 1 heterocycles. The molecule has 0 unspecified atom stereocenters. The number of nitrogens with zero attached hydrogens (tertiary/aromatic N) is 2. The van der Waals surface area contributed by atoms with Gasteiger partial charge in [0.25, 0.3) is 5.56 Å². The van der Waals surface area contributed by atoms with E-state index in [1.807, 2.05) is 48.5 Å².